The number of aromatic nitrogens is 1. The minimum absolute atomic E-state index is 0.0643. The first kappa shape index (κ1) is 19.8. The van der Waals surface area contributed by atoms with Gasteiger partial charge in [-0.15, -0.1) is 0 Å². The maximum Gasteiger partial charge on any atom is 0.295 e. The number of rotatable bonds is 7. The smallest absolute Gasteiger partial charge is 0.295 e. The molecule has 0 fully saturated rings. The maximum atomic E-state index is 12.6. The highest BCUT2D eigenvalue weighted by molar-refractivity contribution is 6.03. The second-order valence-electron chi connectivity index (χ2n) is 6.26. The highest BCUT2D eigenvalue weighted by atomic mass is 16.7. The van der Waals surface area contributed by atoms with Gasteiger partial charge in [-0.05, 0) is 41.8 Å². The number of amides is 1. The van der Waals surface area contributed by atoms with Crippen LogP contribution in [0.15, 0.2) is 71.7 Å². The molecular weight excluding hydrogens is 374 g/mol. The van der Waals surface area contributed by atoms with Gasteiger partial charge in [0.25, 0.3) is 17.2 Å². The lowest BCUT2D eigenvalue weighted by atomic mass is 10.1. The molecule has 2 aromatic carbocycles. The van der Waals surface area contributed by atoms with Crippen molar-refractivity contribution >= 4 is 17.3 Å². The first-order valence-corrected chi connectivity index (χ1v) is 8.96. The number of nitro groups is 1. The van der Waals surface area contributed by atoms with Gasteiger partial charge in [-0.1, -0.05) is 31.2 Å². The average molecular weight is 393 g/mol. The van der Waals surface area contributed by atoms with E-state index in [4.69, 9.17) is 4.84 Å². The molecule has 8 nitrogen and oxygen atoms in total. The van der Waals surface area contributed by atoms with Crippen LogP contribution in [0.1, 0.15) is 28.4 Å². The van der Waals surface area contributed by atoms with Crippen LogP contribution >= 0.6 is 0 Å². The molecule has 0 bridgehead atoms. The Labute approximate surface area is 166 Å². The fourth-order valence-electron chi connectivity index (χ4n) is 2.68. The molecule has 0 aliphatic carbocycles. The van der Waals surface area contributed by atoms with E-state index in [1.165, 1.54) is 36.5 Å². The molecule has 0 aliphatic heterocycles. The van der Waals surface area contributed by atoms with Crippen molar-refractivity contribution < 1.29 is 14.6 Å². The number of carbonyl (C=O) groups is 1. The quantitative estimate of drug-likeness (QED) is 0.490. The van der Waals surface area contributed by atoms with E-state index < -0.39 is 16.4 Å². The fraction of sp³-hybridized carbons (Fsp3) is 0.143. The van der Waals surface area contributed by atoms with Crippen molar-refractivity contribution in [3.8, 4) is 0 Å². The second-order valence-corrected chi connectivity index (χ2v) is 6.26. The van der Waals surface area contributed by atoms with E-state index in [0.717, 1.165) is 16.7 Å². The maximum absolute atomic E-state index is 12.6. The van der Waals surface area contributed by atoms with Gasteiger partial charge in [0.2, 0.25) is 0 Å². The topological polar surface area (TPSA) is 103 Å². The molecule has 3 rings (SSSR count). The first-order chi connectivity index (χ1) is 14.0. The van der Waals surface area contributed by atoms with Gasteiger partial charge in [-0.25, -0.2) is 0 Å². The molecule has 1 aromatic heterocycles. The third-order valence-electron chi connectivity index (χ3n) is 4.27. The fourth-order valence-corrected chi connectivity index (χ4v) is 2.68. The summed E-state index contributed by atoms with van der Waals surface area (Å²) in [6.07, 6.45) is 2.27. The molecule has 29 heavy (non-hydrogen) atoms. The van der Waals surface area contributed by atoms with Crippen molar-refractivity contribution in [2.24, 2.45) is 0 Å². The number of aryl methyl sites for hydroxylation is 1. The number of nitro benzene ring substituents is 1. The molecule has 1 N–H and O–H groups in total. The monoisotopic (exact) mass is 393 g/mol. The molecular formula is C21H19N3O5. The van der Waals surface area contributed by atoms with E-state index in [9.17, 15) is 19.7 Å². The molecule has 0 aliphatic rings. The van der Waals surface area contributed by atoms with E-state index >= 15 is 0 Å². The van der Waals surface area contributed by atoms with Crippen LogP contribution < -0.4 is 15.7 Å². The third kappa shape index (κ3) is 4.86. The minimum atomic E-state index is -0.624. The highest BCUT2D eigenvalue weighted by Gasteiger charge is 2.13. The lowest BCUT2D eigenvalue weighted by Crippen LogP contribution is -2.32. The number of hydrogen-bond acceptors (Lipinski definition) is 5. The second kappa shape index (κ2) is 8.83. The van der Waals surface area contributed by atoms with Crippen LogP contribution in [0, 0.1) is 10.1 Å². The average Bonchev–Trinajstić information content (AvgIpc) is 2.73. The number of non-ortho nitro benzene ring substituents is 1. The molecule has 0 spiro atoms. The molecule has 148 valence electrons. The van der Waals surface area contributed by atoms with Crippen molar-refractivity contribution in [3.63, 3.8) is 0 Å². The predicted molar refractivity (Wildman–Crippen MR) is 108 cm³/mol. The molecule has 1 heterocycles. The van der Waals surface area contributed by atoms with Crippen molar-refractivity contribution in [2.75, 3.05) is 5.32 Å². The SMILES string of the molecule is CCc1ccc(NC(=O)c2cccn(OCc3cccc([N+](=O)[O-])c3)c2=O)cc1. The zero-order valence-corrected chi connectivity index (χ0v) is 15.7. The summed E-state index contributed by atoms with van der Waals surface area (Å²) in [5, 5.41) is 13.5. The zero-order chi connectivity index (χ0) is 20.8. The molecule has 0 atom stereocenters. The third-order valence-corrected chi connectivity index (χ3v) is 4.27. The van der Waals surface area contributed by atoms with Crippen LogP contribution in [0.3, 0.4) is 0 Å². The lowest BCUT2D eigenvalue weighted by Gasteiger charge is -2.10. The van der Waals surface area contributed by atoms with Gasteiger partial charge in [0.15, 0.2) is 0 Å². The number of carbonyl (C=O) groups excluding carboxylic acids is 1. The van der Waals surface area contributed by atoms with Crippen LogP contribution in [-0.4, -0.2) is 15.6 Å². The van der Waals surface area contributed by atoms with Gasteiger partial charge < -0.3 is 10.2 Å². The number of nitrogens with one attached hydrogen (secondary N) is 1. The number of hydrogen-bond donors (Lipinski definition) is 1. The van der Waals surface area contributed by atoms with Crippen LogP contribution in [0.4, 0.5) is 11.4 Å². The highest BCUT2D eigenvalue weighted by Crippen LogP contribution is 2.13. The van der Waals surface area contributed by atoms with Gasteiger partial charge in [0.05, 0.1) is 4.92 Å². The van der Waals surface area contributed by atoms with Crippen LogP contribution in [-0.2, 0) is 13.0 Å². The molecule has 3 aromatic rings. The van der Waals surface area contributed by atoms with E-state index in [0.29, 0.717) is 11.3 Å². The number of benzene rings is 2. The largest absolute Gasteiger partial charge is 0.406 e. The summed E-state index contributed by atoms with van der Waals surface area (Å²) in [7, 11) is 0. The molecule has 0 unspecified atom stereocenters. The zero-order valence-electron chi connectivity index (χ0n) is 15.7. The van der Waals surface area contributed by atoms with Crippen LogP contribution in [0.2, 0.25) is 0 Å². The Balaban J connectivity index is 1.73. The number of pyridine rings is 1. The van der Waals surface area contributed by atoms with E-state index in [-0.39, 0.29) is 17.9 Å². The van der Waals surface area contributed by atoms with E-state index in [1.54, 1.807) is 18.2 Å². The normalized spacial score (nSPS) is 10.4. The summed E-state index contributed by atoms with van der Waals surface area (Å²) >= 11 is 0. The van der Waals surface area contributed by atoms with E-state index in [1.807, 2.05) is 19.1 Å². The summed E-state index contributed by atoms with van der Waals surface area (Å²) < 4.78 is 0.938. The Morgan fingerprint density at radius 1 is 1.10 bits per heavy atom. The molecule has 0 radical (unpaired) electrons. The standard InChI is InChI=1S/C21H19N3O5/c1-2-15-8-10-17(11-9-15)22-20(25)19-7-4-12-23(21(19)26)29-14-16-5-3-6-18(13-16)24(27)28/h3-13H,2,14H2,1H3,(H,22,25). The molecule has 8 heteroatoms. The summed E-state index contributed by atoms with van der Waals surface area (Å²) in [6, 6.07) is 16.2. The van der Waals surface area contributed by atoms with Crippen molar-refractivity contribution in [1.82, 2.24) is 4.73 Å². The molecule has 1 amide bonds. The Morgan fingerprint density at radius 3 is 2.55 bits per heavy atom. The summed E-state index contributed by atoms with van der Waals surface area (Å²) in [6.45, 7) is 1.97. The van der Waals surface area contributed by atoms with Crippen molar-refractivity contribution in [2.45, 2.75) is 20.0 Å². The Hall–Kier alpha value is -3.94. The summed E-state index contributed by atoms with van der Waals surface area (Å²) in [5.41, 5.74) is 1.48. The number of nitrogens with zero attached hydrogens (tertiary/aromatic N) is 2. The van der Waals surface area contributed by atoms with Gasteiger partial charge in [0, 0.05) is 24.0 Å². The van der Waals surface area contributed by atoms with E-state index in [2.05, 4.69) is 5.32 Å². The first-order valence-electron chi connectivity index (χ1n) is 8.96. The predicted octanol–water partition coefficient (Wildman–Crippen LogP) is 3.20. The van der Waals surface area contributed by atoms with Gasteiger partial charge in [-0.3, -0.25) is 19.7 Å². The minimum Gasteiger partial charge on any atom is -0.406 e. The van der Waals surface area contributed by atoms with Crippen molar-refractivity contribution in [3.05, 3.63) is 104 Å². The summed E-state index contributed by atoms with van der Waals surface area (Å²) in [5.74, 6) is -0.549. The lowest BCUT2D eigenvalue weighted by molar-refractivity contribution is -0.384. The van der Waals surface area contributed by atoms with Crippen LogP contribution in [0.5, 0.6) is 0 Å². The van der Waals surface area contributed by atoms with Crippen molar-refractivity contribution in [1.29, 1.82) is 0 Å². The van der Waals surface area contributed by atoms with Crippen LogP contribution in [0.25, 0.3) is 0 Å². The Morgan fingerprint density at radius 2 is 1.86 bits per heavy atom. The van der Waals surface area contributed by atoms with Gasteiger partial charge in [-0.2, -0.15) is 4.73 Å². The van der Waals surface area contributed by atoms with Gasteiger partial charge in [0.1, 0.15) is 12.2 Å². The molecule has 0 saturated heterocycles. The Bertz CT molecular complexity index is 1090. The van der Waals surface area contributed by atoms with Gasteiger partial charge >= 0.3 is 0 Å². The summed E-state index contributed by atoms with van der Waals surface area (Å²) in [4.78, 5) is 40.8. The molecule has 0 saturated carbocycles. The Kier molecular flexibility index (Phi) is 6.03. The number of anilines is 1.